The van der Waals surface area contributed by atoms with Gasteiger partial charge in [-0.05, 0) is 38.0 Å². The topological polar surface area (TPSA) is 63.3 Å². The molecule has 0 amide bonds. The second-order valence-electron chi connectivity index (χ2n) is 4.76. The fraction of sp³-hybridized carbons (Fsp3) is 0.357. The van der Waals surface area contributed by atoms with E-state index in [9.17, 15) is 0 Å². The number of imidazole rings is 1. The molecule has 19 heavy (non-hydrogen) atoms. The molecule has 5 heteroatoms. The Labute approximate surface area is 111 Å². The lowest BCUT2D eigenvalue weighted by Crippen LogP contribution is -2.09. The molecule has 98 valence electrons. The first kappa shape index (κ1) is 11.9. The summed E-state index contributed by atoms with van der Waals surface area (Å²) < 4.78 is 7.96. The highest BCUT2D eigenvalue weighted by atomic mass is 16.5. The molecule has 0 radical (unpaired) electrons. The Bertz CT molecular complexity index is 684. The zero-order chi connectivity index (χ0) is 13.4. The lowest BCUT2D eigenvalue weighted by molar-refractivity contribution is 0.315. The molecule has 0 saturated carbocycles. The van der Waals surface area contributed by atoms with E-state index in [0.717, 1.165) is 59.8 Å². The van der Waals surface area contributed by atoms with Crippen molar-refractivity contribution in [3.8, 4) is 5.75 Å². The van der Waals surface area contributed by atoms with Gasteiger partial charge in [-0.25, -0.2) is 9.98 Å². The first-order chi connectivity index (χ1) is 9.20. The molecule has 0 saturated heterocycles. The molecule has 0 unspecified atom stereocenters. The number of aryl methyl sites for hydroxylation is 2. The van der Waals surface area contributed by atoms with E-state index < -0.39 is 0 Å². The van der Waals surface area contributed by atoms with Crippen LogP contribution in [0, 0.1) is 12.3 Å². The fourth-order valence-electron chi connectivity index (χ4n) is 2.53. The van der Waals surface area contributed by atoms with Crippen LogP contribution < -0.4 is 4.74 Å². The molecule has 1 aromatic carbocycles. The summed E-state index contributed by atoms with van der Waals surface area (Å²) in [6.45, 7) is 5.52. The smallest absolute Gasteiger partial charge is 0.155 e. The van der Waals surface area contributed by atoms with Crippen LogP contribution in [0.15, 0.2) is 17.1 Å². The highest BCUT2D eigenvalue weighted by Crippen LogP contribution is 2.31. The minimum absolute atomic E-state index is 0.723. The average Bonchev–Trinajstić information content (AvgIpc) is 2.59. The Kier molecular flexibility index (Phi) is 2.81. The summed E-state index contributed by atoms with van der Waals surface area (Å²) in [7, 11) is 0. The first-order valence-electron chi connectivity index (χ1n) is 6.38. The molecular weight excluding hydrogens is 240 g/mol. The third kappa shape index (κ3) is 1.91. The zero-order valence-corrected chi connectivity index (χ0v) is 11.1. The molecule has 2 heterocycles. The normalized spacial score (nSPS) is 15.2. The third-order valence-electron chi connectivity index (χ3n) is 3.32. The summed E-state index contributed by atoms with van der Waals surface area (Å²) >= 11 is 0. The van der Waals surface area contributed by atoms with Crippen molar-refractivity contribution in [1.82, 2.24) is 9.55 Å². The minimum atomic E-state index is 0.723. The Balaban J connectivity index is 2.33. The van der Waals surface area contributed by atoms with E-state index in [1.165, 1.54) is 0 Å². The standard InChI is InChI=1S/C14H16N4O/c1-9-6-11-13-12(7-9)19-5-3-4-18(13)14(17-11)10(2)16-8-15/h6-8,15H,3-5H2,1-2H3. The van der Waals surface area contributed by atoms with Gasteiger partial charge in [0, 0.05) is 6.54 Å². The minimum Gasteiger partial charge on any atom is -0.491 e. The maximum Gasteiger partial charge on any atom is 0.155 e. The van der Waals surface area contributed by atoms with E-state index in [2.05, 4.69) is 26.7 Å². The van der Waals surface area contributed by atoms with Crippen LogP contribution in [0.2, 0.25) is 0 Å². The van der Waals surface area contributed by atoms with Gasteiger partial charge in [0.05, 0.1) is 17.8 Å². The highest BCUT2D eigenvalue weighted by molar-refractivity contribution is 6.02. The van der Waals surface area contributed by atoms with Gasteiger partial charge < -0.3 is 9.30 Å². The maximum absolute atomic E-state index is 7.10. The van der Waals surface area contributed by atoms with Crippen molar-refractivity contribution < 1.29 is 4.74 Å². The van der Waals surface area contributed by atoms with Gasteiger partial charge in [0.15, 0.2) is 5.82 Å². The van der Waals surface area contributed by atoms with Gasteiger partial charge in [-0.3, -0.25) is 5.41 Å². The first-order valence-corrected chi connectivity index (χ1v) is 6.38. The maximum atomic E-state index is 7.10. The van der Waals surface area contributed by atoms with Crippen molar-refractivity contribution in [2.24, 2.45) is 4.99 Å². The van der Waals surface area contributed by atoms with Crippen molar-refractivity contribution in [3.63, 3.8) is 0 Å². The largest absolute Gasteiger partial charge is 0.491 e. The summed E-state index contributed by atoms with van der Waals surface area (Å²) in [6.07, 6.45) is 2.01. The van der Waals surface area contributed by atoms with E-state index >= 15 is 0 Å². The van der Waals surface area contributed by atoms with E-state index in [1.807, 2.05) is 13.8 Å². The highest BCUT2D eigenvalue weighted by Gasteiger charge is 2.19. The molecule has 1 aromatic heterocycles. The second kappa shape index (κ2) is 4.50. The number of hydrogen-bond acceptors (Lipinski definition) is 3. The molecule has 3 rings (SSSR count). The van der Waals surface area contributed by atoms with Crippen LogP contribution in [0.25, 0.3) is 11.0 Å². The molecule has 0 fully saturated rings. The number of benzene rings is 1. The summed E-state index contributed by atoms with van der Waals surface area (Å²) in [5, 5.41) is 7.10. The molecule has 0 atom stereocenters. The Morgan fingerprint density at radius 1 is 1.53 bits per heavy atom. The Hall–Kier alpha value is -2.17. The van der Waals surface area contributed by atoms with Crippen molar-refractivity contribution >= 4 is 23.1 Å². The summed E-state index contributed by atoms with van der Waals surface area (Å²) in [5.74, 6) is 1.73. The van der Waals surface area contributed by atoms with E-state index in [0.29, 0.717) is 0 Å². The number of hydrogen-bond donors (Lipinski definition) is 1. The second-order valence-corrected chi connectivity index (χ2v) is 4.76. The number of rotatable bonds is 2. The molecule has 0 aliphatic carbocycles. The van der Waals surface area contributed by atoms with Gasteiger partial charge in [-0.15, -0.1) is 0 Å². The van der Waals surface area contributed by atoms with Crippen LogP contribution in [0.3, 0.4) is 0 Å². The number of ether oxygens (including phenoxy) is 1. The Morgan fingerprint density at radius 3 is 3.16 bits per heavy atom. The SMILES string of the molecule is CC(=NC=N)c1nc2cc(C)cc3c2n1CCCO3. The average molecular weight is 256 g/mol. The van der Waals surface area contributed by atoms with Crippen molar-refractivity contribution in [1.29, 1.82) is 5.41 Å². The molecule has 0 spiro atoms. The van der Waals surface area contributed by atoms with Gasteiger partial charge >= 0.3 is 0 Å². The van der Waals surface area contributed by atoms with E-state index in [4.69, 9.17) is 10.1 Å². The lowest BCUT2D eigenvalue weighted by Gasteiger charge is -2.06. The summed E-state index contributed by atoms with van der Waals surface area (Å²) in [5.41, 5.74) is 3.88. The predicted molar refractivity (Wildman–Crippen MR) is 75.6 cm³/mol. The molecule has 5 nitrogen and oxygen atoms in total. The lowest BCUT2D eigenvalue weighted by atomic mass is 10.2. The van der Waals surface area contributed by atoms with Crippen molar-refractivity contribution in [3.05, 3.63) is 23.5 Å². The Morgan fingerprint density at radius 2 is 2.37 bits per heavy atom. The monoisotopic (exact) mass is 256 g/mol. The predicted octanol–water partition coefficient (Wildman–Crippen LogP) is 2.54. The van der Waals surface area contributed by atoms with Crippen molar-refractivity contribution in [2.75, 3.05) is 6.61 Å². The van der Waals surface area contributed by atoms with Crippen LogP contribution in [0.4, 0.5) is 0 Å². The van der Waals surface area contributed by atoms with Crippen molar-refractivity contribution in [2.45, 2.75) is 26.8 Å². The van der Waals surface area contributed by atoms with E-state index in [1.54, 1.807) is 0 Å². The zero-order valence-electron chi connectivity index (χ0n) is 11.1. The number of nitrogens with one attached hydrogen (secondary N) is 1. The van der Waals surface area contributed by atoms with Crippen LogP contribution >= 0.6 is 0 Å². The quantitative estimate of drug-likeness (QED) is 0.663. The number of nitrogens with zero attached hydrogens (tertiary/aromatic N) is 3. The van der Waals surface area contributed by atoms with Crippen LogP contribution in [-0.4, -0.2) is 28.2 Å². The van der Waals surface area contributed by atoms with Gasteiger partial charge in [0.1, 0.15) is 17.6 Å². The molecular formula is C14H16N4O. The van der Waals surface area contributed by atoms with E-state index in [-0.39, 0.29) is 0 Å². The van der Waals surface area contributed by atoms with Gasteiger partial charge in [-0.1, -0.05) is 0 Å². The van der Waals surface area contributed by atoms with Crippen LogP contribution in [-0.2, 0) is 6.54 Å². The molecule has 1 N–H and O–H groups in total. The van der Waals surface area contributed by atoms with Crippen LogP contribution in [0.5, 0.6) is 5.75 Å². The van der Waals surface area contributed by atoms with Gasteiger partial charge in [0.25, 0.3) is 0 Å². The summed E-state index contributed by atoms with van der Waals surface area (Å²) in [4.78, 5) is 8.69. The molecule has 1 aliphatic rings. The van der Waals surface area contributed by atoms with Gasteiger partial charge in [-0.2, -0.15) is 0 Å². The van der Waals surface area contributed by atoms with Crippen LogP contribution in [0.1, 0.15) is 24.7 Å². The number of aliphatic imine (C=N–C) groups is 1. The molecule has 1 aliphatic heterocycles. The molecule has 0 bridgehead atoms. The number of aromatic nitrogens is 2. The van der Waals surface area contributed by atoms with Gasteiger partial charge in [0.2, 0.25) is 0 Å². The third-order valence-corrected chi connectivity index (χ3v) is 3.32. The fourth-order valence-corrected chi connectivity index (χ4v) is 2.53. The summed E-state index contributed by atoms with van der Waals surface area (Å²) in [6, 6.07) is 4.11. The molecule has 2 aromatic rings.